The molecule has 174 valence electrons. The van der Waals surface area contributed by atoms with Crippen molar-refractivity contribution < 1.29 is 39.8 Å². The van der Waals surface area contributed by atoms with Crippen molar-refractivity contribution in [2.75, 3.05) is 18.8 Å². The van der Waals surface area contributed by atoms with E-state index >= 15 is 0 Å². The Labute approximate surface area is 184 Å². The Morgan fingerprint density at radius 3 is 2.50 bits per heavy atom. The number of benzene rings is 2. The van der Waals surface area contributed by atoms with Crippen molar-refractivity contribution in [1.29, 1.82) is 0 Å². The molecule has 10 heteroatoms. The van der Waals surface area contributed by atoms with Gasteiger partial charge in [-0.2, -0.15) is 0 Å². The molecule has 6 unspecified atom stereocenters. The van der Waals surface area contributed by atoms with Crippen LogP contribution in [0.15, 0.2) is 48.5 Å². The van der Waals surface area contributed by atoms with Crippen molar-refractivity contribution in [3.05, 3.63) is 59.7 Å². The third-order valence-electron chi connectivity index (χ3n) is 5.25. The molecular formula is C22H28N2O8. The van der Waals surface area contributed by atoms with Crippen LogP contribution in [0.3, 0.4) is 0 Å². The number of nitrogen functional groups attached to an aromatic ring is 1. The topological polar surface area (TPSA) is 175 Å². The maximum atomic E-state index is 11.2. The summed E-state index contributed by atoms with van der Waals surface area (Å²) in [7, 11) is 0. The molecule has 1 heterocycles. The smallest absolute Gasteiger partial charge is 0.335 e. The number of nitrogens with one attached hydrogen (secondary N) is 1. The largest absolute Gasteiger partial charge is 0.479 e. The number of anilines is 1. The van der Waals surface area contributed by atoms with Gasteiger partial charge in [0.1, 0.15) is 24.1 Å². The zero-order valence-electron chi connectivity index (χ0n) is 17.2. The highest BCUT2D eigenvalue weighted by Crippen LogP contribution is 2.29. The van der Waals surface area contributed by atoms with Crippen LogP contribution < -0.4 is 15.8 Å². The summed E-state index contributed by atoms with van der Waals surface area (Å²) in [6, 6.07) is 14.3. The zero-order chi connectivity index (χ0) is 23.3. The number of hydrogen-bond acceptors (Lipinski definition) is 9. The Bertz CT molecular complexity index is 897. The number of carboxylic acids is 1. The fourth-order valence-electron chi connectivity index (χ4n) is 3.38. The van der Waals surface area contributed by atoms with Crippen molar-refractivity contribution in [2.45, 2.75) is 43.2 Å². The predicted octanol–water partition coefficient (Wildman–Crippen LogP) is -0.594. The number of ether oxygens (including phenoxy) is 2. The van der Waals surface area contributed by atoms with E-state index < -0.39 is 42.8 Å². The summed E-state index contributed by atoms with van der Waals surface area (Å²) in [5.41, 5.74) is 7.81. The first kappa shape index (κ1) is 23.9. The van der Waals surface area contributed by atoms with Gasteiger partial charge in [0.15, 0.2) is 6.10 Å². The molecule has 32 heavy (non-hydrogen) atoms. The van der Waals surface area contributed by atoms with Crippen LogP contribution in [0, 0.1) is 0 Å². The molecule has 0 amide bonds. The summed E-state index contributed by atoms with van der Waals surface area (Å²) in [5.74, 6) is -1.36. The molecule has 8 N–H and O–H groups in total. The van der Waals surface area contributed by atoms with Gasteiger partial charge < -0.3 is 46.1 Å². The van der Waals surface area contributed by atoms with Crippen molar-refractivity contribution in [1.82, 2.24) is 5.32 Å². The lowest BCUT2D eigenvalue weighted by Crippen LogP contribution is -2.61. The highest BCUT2D eigenvalue weighted by Gasteiger charge is 2.48. The van der Waals surface area contributed by atoms with Gasteiger partial charge in [0.2, 0.25) is 6.29 Å². The number of aliphatic hydroxyl groups is 4. The van der Waals surface area contributed by atoms with Gasteiger partial charge in [-0.3, -0.25) is 0 Å². The highest BCUT2D eigenvalue weighted by molar-refractivity contribution is 5.73. The number of nitrogens with two attached hydrogens (primary N) is 1. The molecule has 0 saturated carbocycles. The Hall–Kier alpha value is -2.73. The Morgan fingerprint density at radius 1 is 1.09 bits per heavy atom. The number of carbonyl (C=O) groups is 1. The molecular weight excluding hydrogens is 420 g/mol. The molecule has 0 aromatic heterocycles. The molecule has 0 radical (unpaired) electrons. The predicted molar refractivity (Wildman–Crippen MR) is 114 cm³/mol. The van der Waals surface area contributed by atoms with Gasteiger partial charge >= 0.3 is 5.97 Å². The number of aliphatic hydroxyl groups excluding tert-OH is 4. The lowest BCUT2D eigenvalue weighted by atomic mass is 9.99. The SMILES string of the molecule is Nc1ccc(CCNCC(O)c2ccccc2)cc1OC1OC(C(=O)O)C(O)C(O)C1O. The van der Waals surface area contributed by atoms with Gasteiger partial charge in [-0.1, -0.05) is 36.4 Å². The molecule has 0 aliphatic carbocycles. The molecule has 3 rings (SSSR count). The van der Waals surface area contributed by atoms with Gasteiger partial charge in [-0.15, -0.1) is 0 Å². The molecule has 0 spiro atoms. The molecule has 1 aliphatic heterocycles. The minimum Gasteiger partial charge on any atom is -0.479 e. The lowest BCUT2D eigenvalue weighted by Gasteiger charge is -2.38. The maximum Gasteiger partial charge on any atom is 0.335 e. The van der Waals surface area contributed by atoms with Gasteiger partial charge in [-0.05, 0) is 36.2 Å². The van der Waals surface area contributed by atoms with Crippen LogP contribution in [0.4, 0.5) is 5.69 Å². The van der Waals surface area contributed by atoms with Gasteiger partial charge in [-0.25, -0.2) is 4.79 Å². The molecule has 1 fully saturated rings. The van der Waals surface area contributed by atoms with E-state index in [2.05, 4.69) is 5.32 Å². The number of carboxylic acid groups (broad SMARTS) is 1. The second-order valence-corrected chi connectivity index (χ2v) is 7.61. The van der Waals surface area contributed by atoms with Crippen LogP contribution >= 0.6 is 0 Å². The summed E-state index contributed by atoms with van der Waals surface area (Å²) in [5, 5.41) is 52.3. The van der Waals surface area contributed by atoms with Crippen LogP contribution in [0.2, 0.25) is 0 Å². The summed E-state index contributed by atoms with van der Waals surface area (Å²) >= 11 is 0. The fourth-order valence-corrected chi connectivity index (χ4v) is 3.38. The minimum atomic E-state index is -1.80. The van der Waals surface area contributed by atoms with E-state index in [0.29, 0.717) is 19.5 Å². The minimum absolute atomic E-state index is 0.142. The normalized spacial score (nSPS) is 26.4. The maximum absolute atomic E-state index is 11.2. The molecule has 1 aliphatic rings. The second-order valence-electron chi connectivity index (χ2n) is 7.61. The highest BCUT2D eigenvalue weighted by atomic mass is 16.7. The first-order valence-electron chi connectivity index (χ1n) is 10.2. The molecule has 1 saturated heterocycles. The first-order valence-corrected chi connectivity index (χ1v) is 10.2. The third-order valence-corrected chi connectivity index (χ3v) is 5.25. The van der Waals surface area contributed by atoms with E-state index in [1.54, 1.807) is 18.2 Å². The van der Waals surface area contributed by atoms with E-state index in [9.17, 15) is 25.2 Å². The number of aliphatic carboxylic acids is 1. The van der Waals surface area contributed by atoms with Crippen molar-refractivity contribution in [3.63, 3.8) is 0 Å². The van der Waals surface area contributed by atoms with E-state index in [4.69, 9.17) is 20.3 Å². The van der Waals surface area contributed by atoms with Crippen LogP contribution in [0.1, 0.15) is 17.2 Å². The van der Waals surface area contributed by atoms with Crippen molar-refractivity contribution in [2.24, 2.45) is 0 Å². The van der Waals surface area contributed by atoms with Crippen molar-refractivity contribution >= 4 is 11.7 Å². The number of rotatable bonds is 9. The first-order chi connectivity index (χ1) is 15.3. The third kappa shape index (κ3) is 5.74. The molecule has 2 aromatic rings. The Balaban J connectivity index is 1.57. The average molecular weight is 448 g/mol. The Kier molecular flexibility index (Phi) is 8.02. The van der Waals surface area contributed by atoms with E-state index in [-0.39, 0.29) is 11.4 Å². The number of hydrogen-bond donors (Lipinski definition) is 7. The Morgan fingerprint density at radius 2 is 1.81 bits per heavy atom. The van der Waals surface area contributed by atoms with Crippen LogP contribution in [0.5, 0.6) is 5.75 Å². The molecule has 6 atom stereocenters. The van der Waals surface area contributed by atoms with Crippen molar-refractivity contribution in [3.8, 4) is 5.75 Å². The zero-order valence-corrected chi connectivity index (χ0v) is 17.2. The lowest BCUT2D eigenvalue weighted by molar-refractivity contribution is -0.271. The second kappa shape index (κ2) is 10.7. The summed E-state index contributed by atoms with van der Waals surface area (Å²) < 4.78 is 10.7. The van der Waals surface area contributed by atoms with Gasteiger partial charge in [0, 0.05) is 6.54 Å². The standard InChI is InChI=1S/C22H28N2O8/c23-14-7-6-12(8-9-24-11-15(25)13-4-2-1-3-5-13)10-16(14)31-22-19(28)17(26)18(27)20(32-22)21(29)30/h1-7,10,15,17-20,22,24-28H,8-9,11,23H2,(H,29,30). The molecule has 2 aromatic carbocycles. The van der Waals surface area contributed by atoms with Crippen LogP contribution in [-0.2, 0) is 16.0 Å². The monoisotopic (exact) mass is 448 g/mol. The van der Waals surface area contributed by atoms with Crippen LogP contribution in [-0.4, -0.2) is 75.3 Å². The van der Waals surface area contributed by atoms with Gasteiger partial charge in [0.25, 0.3) is 0 Å². The van der Waals surface area contributed by atoms with Crippen LogP contribution in [0.25, 0.3) is 0 Å². The fraction of sp³-hybridized carbons (Fsp3) is 0.409. The van der Waals surface area contributed by atoms with Gasteiger partial charge in [0.05, 0.1) is 11.8 Å². The quantitative estimate of drug-likeness (QED) is 0.194. The average Bonchev–Trinajstić information content (AvgIpc) is 2.79. The van der Waals surface area contributed by atoms with E-state index in [1.807, 2.05) is 30.3 Å². The molecule has 10 nitrogen and oxygen atoms in total. The summed E-state index contributed by atoms with van der Waals surface area (Å²) in [4.78, 5) is 11.2. The molecule has 0 bridgehead atoms. The summed E-state index contributed by atoms with van der Waals surface area (Å²) in [6.07, 6.45) is -8.59. The van der Waals surface area contributed by atoms with E-state index in [1.165, 1.54) is 0 Å². The van der Waals surface area contributed by atoms with E-state index in [0.717, 1.165) is 11.1 Å². The summed E-state index contributed by atoms with van der Waals surface area (Å²) in [6.45, 7) is 0.934.